The second-order valence-electron chi connectivity index (χ2n) is 8.34. The van der Waals surface area contributed by atoms with Gasteiger partial charge in [-0.15, -0.1) is 0 Å². The lowest BCUT2D eigenvalue weighted by atomic mass is 10.1. The number of benzene rings is 1. The molecule has 0 aliphatic heterocycles. The number of hydrogen-bond donors (Lipinski definition) is 1. The molecule has 0 saturated carbocycles. The van der Waals surface area contributed by atoms with Crippen LogP contribution in [-0.2, 0) is 12.1 Å². The minimum absolute atomic E-state index is 0.0965. The monoisotopic (exact) mass is 345 g/mol. The van der Waals surface area contributed by atoms with Crippen LogP contribution in [0.4, 0.5) is 0 Å². The van der Waals surface area contributed by atoms with Gasteiger partial charge in [0.1, 0.15) is 5.75 Å². The van der Waals surface area contributed by atoms with Crippen molar-refractivity contribution >= 4 is 0 Å². The molecule has 0 bridgehead atoms. The molecule has 25 heavy (non-hydrogen) atoms. The molecule has 0 radical (unpaired) electrons. The predicted molar refractivity (Wildman–Crippen MR) is 102 cm³/mol. The van der Waals surface area contributed by atoms with Crippen LogP contribution in [-0.4, -0.2) is 46.1 Å². The van der Waals surface area contributed by atoms with Gasteiger partial charge in [0.25, 0.3) is 0 Å². The van der Waals surface area contributed by atoms with E-state index in [2.05, 4.69) is 37.9 Å². The summed E-state index contributed by atoms with van der Waals surface area (Å²) in [5.74, 6) is 0.818. The molecule has 1 aromatic heterocycles. The van der Waals surface area contributed by atoms with Gasteiger partial charge in [0.05, 0.1) is 23.9 Å². The van der Waals surface area contributed by atoms with Gasteiger partial charge in [-0.1, -0.05) is 12.1 Å². The van der Waals surface area contributed by atoms with Gasteiger partial charge in [0, 0.05) is 30.4 Å². The Balaban J connectivity index is 2.41. The van der Waals surface area contributed by atoms with Crippen LogP contribution in [0.3, 0.4) is 0 Å². The fraction of sp³-hybridized carbons (Fsp3) is 0.550. The van der Waals surface area contributed by atoms with Crippen molar-refractivity contribution in [2.75, 3.05) is 20.7 Å². The van der Waals surface area contributed by atoms with Crippen molar-refractivity contribution in [3.8, 4) is 17.0 Å². The third kappa shape index (κ3) is 5.31. The van der Waals surface area contributed by atoms with Crippen LogP contribution < -0.4 is 4.74 Å². The van der Waals surface area contributed by atoms with E-state index in [9.17, 15) is 5.11 Å². The molecule has 1 aromatic carbocycles. The number of likely N-dealkylation sites (N-methyl/N-ethyl adjacent to an activating group) is 1. The number of aliphatic hydroxyl groups is 1. The number of ether oxygens (including phenoxy) is 1. The summed E-state index contributed by atoms with van der Waals surface area (Å²) in [5, 5.41) is 14.9. The van der Waals surface area contributed by atoms with E-state index < -0.39 is 5.60 Å². The summed E-state index contributed by atoms with van der Waals surface area (Å²) in [5.41, 5.74) is 2.30. The number of nitrogens with zero attached hydrogens (tertiary/aromatic N) is 3. The summed E-state index contributed by atoms with van der Waals surface area (Å²) in [4.78, 5) is 2.12. The van der Waals surface area contributed by atoms with Crippen molar-refractivity contribution in [1.82, 2.24) is 14.7 Å². The SMILES string of the molecule is COc1cccc(-c2nn(C(C)(C)C)cc2CN(C)CC(C)(C)O)c1. The molecule has 1 heterocycles. The molecule has 5 nitrogen and oxygen atoms in total. The molecule has 0 fully saturated rings. The molecule has 0 atom stereocenters. The van der Waals surface area contributed by atoms with Crippen LogP contribution in [0.15, 0.2) is 30.5 Å². The smallest absolute Gasteiger partial charge is 0.119 e. The van der Waals surface area contributed by atoms with E-state index in [4.69, 9.17) is 9.84 Å². The molecular formula is C20H31N3O2. The number of methoxy groups -OCH3 is 1. The van der Waals surface area contributed by atoms with Gasteiger partial charge in [0.2, 0.25) is 0 Å². The third-order valence-electron chi connectivity index (χ3n) is 3.92. The van der Waals surface area contributed by atoms with Crippen LogP contribution in [0.5, 0.6) is 5.75 Å². The van der Waals surface area contributed by atoms with E-state index in [0.29, 0.717) is 13.1 Å². The Kier molecular flexibility index (Phi) is 5.59. The number of aromatic nitrogens is 2. The van der Waals surface area contributed by atoms with Gasteiger partial charge in [-0.25, -0.2) is 0 Å². The lowest BCUT2D eigenvalue weighted by Gasteiger charge is -2.25. The summed E-state index contributed by atoms with van der Waals surface area (Å²) in [6.45, 7) is 11.4. The normalized spacial score (nSPS) is 12.7. The maximum atomic E-state index is 10.1. The second-order valence-corrected chi connectivity index (χ2v) is 8.34. The molecule has 1 N–H and O–H groups in total. The van der Waals surface area contributed by atoms with Gasteiger partial charge in [-0.2, -0.15) is 5.10 Å². The Bertz CT molecular complexity index is 708. The van der Waals surface area contributed by atoms with Gasteiger partial charge in [-0.3, -0.25) is 9.58 Å². The summed E-state index contributed by atoms with van der Waals surface area (Å²) in [6.07, 6.45) is 2.11. The number of rotatable bonds is 6. The highest BCUT2D eigenvalue weighted by molar-refractivity contribution is 5.64. The Morgan fingerprint density at radius 2 is 1.88 bits per heavy atom. The van der Waals surface area contributed by atoms with Gasteiger partial charge >= 0.3 is 0 Å². The Morgan fingerprint density at radius 1 is 1.20 bits per heavy atom. The summed E-state index contributed by atoms with van der Waals surface area (Å²) in [7, 11) is 3.69. The molecule has 0 unspecified atom stereocenters. The first kappa shape index (κ1) is 19.5. The van der Waals surface area contributed by atoms with Crippen molar-refractivity contribution < 1.29 is 9.84 Å². The Labute approximate surface area is 151 Å². The molecule has 0 saturated heterocycles. The van der Waals surface area contributed by atoms with E-state index in [1.54, 1.807) is 7.11 Å². The zero-order chi connectivity index (χ0) is 18.8. The third-order valence-corrected chi connectivity index (χ3v) is 3.92. The van der Waals surface area contributed by atoms with Gasteiger partial charge < -0.3 is 9.84 Å². The van der Waals surface area contributed by atoms with Crippen LogP contribution in [0.1, 0.15) is 40.2 Å². The van der Waals surface area contributed by atoms with Crippen molar-refractivity contribution in [2.24, 2.45) is 0 Å². The molecule has 5 heteroatoms. The minimum Gasteiger partial charge on any atom is -0.497 e. The van der Waals surface area contributed by atoms with E-state index in [1.165, 1.54) is 0 Å². The Hall–Kier alpha value is -1.85. The summed E-state index contributed by atoms with van der Waals surface area (Å²) >= 11 is 0. The first-order chi connectivity index (χ1) is 11.5. The molecule has 2 aromatic rings. The standard InChI is InChI=1S/C20H31N3O2/c1-19(2,3)23-13-16(12-22(6)14-20(4,5)24)18(21-23)15-9-8-10-17(11-15)25-7/h8-11,13,24H,12,14H2,1-7H3. The zero-order valence-electron chi connectivity index (χ0n) is 16.5. The lowest BCUT2D eigenvalue weighted by molar-refractivity contribution is 0.0425. The molecule has 2 rings (SSSR count). The topological polar surface area (TPSA) is 50.5 Å². The number of hydrogen-bond acceptors (Lipinski definition) is 4. The largest absolute Gasteiger partial charge is 0.497 e. The highest BCUT2D eigenvalue weighted by atomic mass is 16.5. The molecule has 0 spiro atoms. The molecule has 0 aliphatic rings. The van der Waals surface area contributed by atoms with E-state index in [1.807, 2.05) is 43.8 Å². The highest BCUT2D eigenvalue weighted by Gasteiger charge is 2.22. The van der Waals surface area contributed by atoms with Crippen molar-refractivity contribution in [1.29, 1.82) is 0 Å². The first-order valence-corrected chi connectivity index (χ1v) is 8.64. The fourth-order valence-electron chi connectivity index (χ4n) is 2.89. The highest BCUT2D eigenvalue weighted by Crippen LogP contribution is 2.28. The van der Waals surface area contributed by atoms with Crippen molar-refractivity contribution in [3.63, 3.8) is 0 Å². The molecule has 0 amide bonds. The second kappa shape index (κ2) is 7.18. The van der Waals surface area contributed by atoms with Crippen molar-refractivity contribution in [3.05, 3.63) is 36.0 Å². The predicted octanol–water partition coefficient (Wildman–Crippen LogP) is 3.52. The quantitative estimate of drug-likeness (QED) is 0.870. The van der Waals surface area contributed by atoms with Crippen LogP contribution >= 0.6 is 0 Å². The van der Waals surface area contributed by atoms with Crippen LogP contribution in [0, 0.1) is 0 Å². The first-order valence-electron chi connectivity index (χ1n) is 8.64. The molecular weight excluding hydrogens is 314 g/mol. The van der Waals surface area contributed by atoms with Crippen LogP contribution in [0.25, 0.3) is 11.3 Å². The summed E-state index contributed by atoms with van der Waals surface area (Å²) in [6, 6.07) is 7.98. The van der Waals surface area contributed by atoms with Gasteiger partial charge in [-0.05, 0) is 53.8 Å². The average molecular weight is 345 g/mol. The van der Waals surface area contributed by atoms with E-state index >= 15 is 0 Å². The maximum Gasteiger partial charge on any atom is 0.119 e. The zero-order valence-corrected chi connectivity index (χ0v) is 16.5. The van der Waals surface area contributed by atoms with E-state index in [0.717, 1.165) is 22.6 Å². The molecule has 138 valence electrons. The van der Waals surface area contributed by atoms with Gasteiger partial charge in [0.15, 0.2) is 0 Å². The maximum absolute atomic E-state index is 10.1. The lowest BCUT2D eigenvalue weighted by Crippen LogP contribution is -2.35. The summed E-state index contributed by atoms with van der Waals surface area (Å²) < 4.78 is 7.37. The minimum atomic E-state index is -0.731. The fourth-order valence-corrected chi connectivity index (χ4v) is 2.89. The van der Waals surface area contributed by atoms with Crippen LogP contribution in [0.2, 0.25) is 0 Å². The Morgan fingerprint density at radius 3 is 2.44 bits per heavy atom. The van der Waals surface area contributed by atoms with E-state index in [-0.39, 0.29) is 5.54 Å². The molecule has 0 aliphatic carbocycles. The van der Waals surface area contributed by atoms with Crippen molar-refractivity contribution in [2.45, 2.75) is 52.3 Å². The average Bonchev–Trinajstić information content (AvgIpc) is 2.89.